The van der Waals surface area contributed by atoms with Gasteiger partial charge in [0.1, 0.15) is 11.5 Å². The highest BCUT2D eigenvalue weighted by Crippen LogP contribution is 2.37. The van der Waals surface area contributed by atoms with Crippen molar-refractivity contribution in [2.75, 3.05) is 4.90 Å². The maximum atomic E-state index is 12.9. The standard InChI is InChI=1S/C21H11ClF3NO2S2/c22-14-4-6-15(7-5-14)26-19(27)18(30-20(26)29)11-16-8-9-17(28-16)12-2-1-3-13(10-12)21(23,24)25/h1-11H/b18-11+. The van der Waals surface area contributed by atoms with Gasteiger partial charge in [0.25, 0.3) is 5.91 Å². The van der Waals surface area contributed by atoms with Gasteiger partial charge in [-0.25, -0.2) is 0 Å². The van der Waals surface area contributed by atoms with Gasteiger partial charge in [0, 0.05) is 16.7 Å². The molecule has 0 saturated carbocycles. The van der Waals surface area contributed by atoms with Crippen LogP contribution in [-0.4, -0.2) is 10.2 Å². The lowest BCUT2D eigenvalue weighted by Crippen LogP contribution is -2.27. The monoisotopic (exact) mass is 465 g/mol. The van der Waals surface area contributed by atoms with E-state index in [2.05, 4.69) is 0 Å². The lowest BCUT2D eigenvalue weighted by molar-refractivity contribution is -0.137. The second kappa shape index (κ2) is 7.94. The molecule has 1 amide bonds. The third kappa shape index (κ3) is 4.16. The third-order valence-corrected chi connectivity index (χ3v) is 5.81. The summed E-state index contributed by atoms with van der Waals surface area (Å²) in [5.74, 6) is 0.281. The average molecular weight is 466 g/mol. The summed E-state index contributed by atoms with van der Waals surface area (Å²) < 4.78 is 44.8. The van der Waals surface area contributed by atoms with Gasteiger partial charge in [-0.05, 0) is 48.5 Å². The van der Waals surface area contributed by atoms with E-state index in [4.69, 9.17) is 28.2 Å². The SMILES string of the molecule is O=C1/C(=C\c2ccc(-c3cccc(C(F)(F)F)c3)o2)SC(=S)N1c1ccc(Cl)cc1. The van der Waals surface area contributed by atoms with Crippen LogP contribution in [-0.2, 0) is 11.0 Å². The van der Waals surface area contributed by atoms with Crippen LogP contribution >= 0.6 is 35.6 Å². The minimum atomic E-state index is -4.44. The molecule has 1 aliphatic rings. The van der Waals surface area contributed by atoms with Crippen molar-refractivity contribution in [1.29, 1.82) is 0 Å². The first-order valence-electron chi connectivity index (χ1n) is 8.53. The molecule has 0 radical (unpaired) electrons. The number of amides is 1. The molecule has 0 N–H and O–H groups in total. The van der Waals surface area contributed by atoms with Crippen LogP contribution in [0.1, 0.15) is 11.3 Å². The molecule has 3 nitrogen and oxygen atoms in total. The molecule has 0 bridgehead atoms. The first kappa shape index (κ1) is 20.7. The van der Waals surface area contributed by atoms with Gasteiger partial charge in [0.05, 0.1) is 16.2 Å². The molecule has 0 atom stereocenters. The molecule has 0 aliphatic carbocycles. The Morgan fingerprint density at radius 2 is 1.80 bits per heavy atom. The van der Waals surface area contributed by atoms with Crippen molar-refractivity contribution in [3.05, 3.63) is 81.9 Å². The Labute approximate surface area is 184 Å². The van der Waals surface area contributed by atoms with Crippen molar-refractivity contribution in [3.63, 3.8) is 0 Å². The maximum Gasteiger partial charge on any atom is 0.416 e. The molecule has 1 aromatic heterocycles. The van der Waals surface area contributed by atoms with E-state index in [-0.39, 0.29) is 17.2 Å². The number of carbonyl (C=O) groups is 1. The lowest BCUT2D eigenvalue weighted by Gasteiger charge is -2.14. The molecule has 1 saturated heterocycles. The summed E-state index contributed by atoms with van der Waals surface area (Å²) >= 11 is 12.3. The van der Waals surface area contributed by atoms with E-state index in [1.807, 2.05) is 0 Å². The van der Waals surface area contributed by atoms with Crippen molar-refractivity contribution >= 4 is 57.6 Å². The zero-order valence-corrected chi connectivity index (χ0v) is 17.3. The molecule has 3 aromatic rings. The molecule has 9 heteroatoms. The molecule has 2 aromatic carbocycles. The summed E-state index contributed by atoms with van der Waals surface area (Å²) in [5, 5.41) is 0.539. The molecule has 2 heterocycles. The second-order valence-electron chi connectivity index (χ2n) is 6.27. The van der Waals surface area contributed by atoms with E-state index < -0.39 is 11.7 Å². The van der Waals surface area contributed by atoms with Crippen LogP contribution in [0.3, 0.4) is 0 Å². The number of nitrogens with zero attached hydrogens (tertiary/aromatic N) is 1. The fourth-order valence-electron chi connectivity index (χ4n) is 2.84. The number of thioether (sulfide) groups is 1. The van der Waals surface area contributed by atoms with E-state index >= 15 is 0 Å². The number of hydrogen-bond donors (Lipinski definition) is 0. The zero-order chi connectivity index (χ0) is 21.5. The van der Waals surface area contributed by atoms with Crippen LogP contribution in [0.5, 0.6) is 0 Å². The highest BCUT2D eigenvalue weighted by molar-refractivity contribution is 8.27. The minimum absolute atomic E-state index is 0.264. The summed E-state index contributed by atoms with van der Waals surface area (Å²) in [7, 11) is 0. The minimum Gasteiger partial charge on any atom is -0.457 e. The highest BCUT2D eigenvalue weighted by Gasteiger charge is 2.34. The van der Waals surface area contributed by atoms with Gasteiger partial charge in [-0.2, -0.15) is 13.2 Å². The molecule has 1 aliphatic heterocycles. The number of furan rings is 1. The van der Waals surface area contributed by atoms with Gasteiger partial charge in [-0.3, -0.25) is 9.69 Å². The number of benzene rings is 2. The van der Waals surface area contributed by atoms with Gasteiger partial charge in [-0.15, -0.1) is 0 Å². The topological polar surface area (TPSA) is 33.5 Å². The van der Waals surface area contributed by atoms with Crippen LogP contribution in [0.25, 0.3) is 17.4 Å². The third-order valence-electron chi connectivity index (χ3n) is 4.25. The smallest absolute Gasteiger partial charge is 0.416 e. The Hall–Kier alpha value is -2.55. The van der Waals surface area contributed by atoms with Crippen LogP contribution in [0.15, 0.2) is 70.0 Å². The van der Waals surface area contributed by atoms with E-state index in [9.17, 15) is 18.0 Å². The Morgan fingerprint density at radius 3 is 2.50 bits per heavy atom. The van der Waals surface area contributed by atoms with Crippen LogP contribution in [0.2, 0.25) is 5.02 Å². The Balaban J connectivity index is 1.60. The Morgan fingerprint density at radius 1 is 1.07 bits per heavy atom. The number of thiocarbonyl (C=S) groups is 1. The van der Waals surface area contributed by atoms with Gasteiger partial charge in [0.2, 0.25) is 0 Å². The lowest BCUT2D eigenvalue weighted by atomic mass is 10.1. The predicted molar refractivity (Wildman–Crippen MR) is 116 cm³/mol. The first-order valence-corrected chi connectivity index (χ1v) is 10.1. The van der Waals surface area contributed by atoms with E-state index in [1.165, 1.54) is 23.1 Å². The predicted octanol–water partition coefficient (Wildman–Crippen LogP) is 7.02. The van der Waals surface area contributed by atoms with Crippen LogP contribution in [0, 0.1) is 0 Å². The Bertz CT molecular complexity index is 1170. The molecular weight excluding hydrogens is 455 g/mol. The van der Waals surface area contributed by atoms with Crippen molar-refractivity contribution in [2.45, 2.75) is 6.18 Å². The van der Waals surface area contributed by atoms with Crippen LogP contribution < -0.4 is 4.90 Å². The molecular formula is C21H11ClF3NO2S2. The van der Waals surface area contributed by atoms with Gasteiger partial charge in [-0.1, -0.05) is 47.7 Å². The van der Waals surface area contributed by atoms with Crippen LogP contribution in [0.4, 0.5) is 18.9 Å². The van der Waals surface area contributed by atoms with Gasteiger partial charge in [0.15, 0.2) is 4.32 Å². The fraction of sp³-hybridized carbons (Fsp3) is 0.0476. The van der Waals surface area contributed by atoms with Crippen molar-refractivity contribution in [1.82, 2.24) is 0 Å². The number of halogens is 4. The number of anilines is 1. The number of rotatable bonds is 3. The van der Waals surface area contributed by atoms with Gasteiger partial charge >= 0.3 is 6.18 Å². The molecule has 30 heavy (non-hydrogen) atoms. The van der Waals surface area contributed by atoms with E-state index in [1.54, 1.807) is 36.4 Å². The molecule has 1 fully saturated rings. The number of alkyl halides is 3. The van der Waals surface area contributed by atoms with Crippen molar-refractivity contribution in [2.24, 2.45) is 0 Å². The highest BCUT2D eigenvalue weighted by atomic mass is 35.5. The normalized spacial score (nSPS) is 16.0. The Kier molecular flexibility index (Phi) is 5.48. The summed E-state index contributed by atoms with van der Waals surface area (Å²) in [6, 6.07) is 14.7. The van der Waals surface area contributed by atoms with E-state index in [0.717, 1.165) is 23.9 Å². The van der Waals surface area contributed by atoms with Gasteiger partial charge < -0.3 is 4.42 Å². The first-order chi connectivity index (χ1) is 14.2. The van der Waals surface area contributed by atoms with Crippen molar-refractivity contribution in [3.8, 4) is 11.3 Å². The quantitative estimate of drug-likeness (QED) is 0.307. The number of hydrogen-bond acceptors (Lipinski definition) is 4. The summed E-state index contributed by atoms with van der Waals surface area (Å²) in [6.45, 7) is 0. The molecule has 152 valence electrons. The summed E-state index contributed by atoms with van der Waals surface area (Å²) in [5.41, 5.74) is 0.120. The molecule has 0 spiro atoms. The molecule has 0 unspecified atom stereocenters. The average Bonchev–Trinajstić information content (AvgIpc) is 3.27. The summed E-state index contributed by atoms with van der Waals surface area (Å²) in [6.07, 6.45) is -2.92. The number of carbonyl (C=O) groups excluding carboxylic acids is 1. The van der Waals surface area contributed by atoms with Crippen molar-refractivity contribution < 1.29 is 22.4 Å². The van der Waals surface area contributed by atoms with E-state index in [0.29, 0.717) is 25.7 Å². The largest absolute Gasteiger partial charge is 0.457 e. The summed E-state index contributed by atoms with van der Waals surface area (Å²) in [4.78, 5) is 14.5. The fourth-order valence-corrected chi connectivity index (χ4v) is 4.25. The molecule has 4 rings (SSSR count). The maximum absolute atomic E-state index is 12.9. The zero-order valence-electron chi connectivity index (χ0n) is 14.9. The second-order valence-corrected chi connectivity index (χ2v) is 8.39.